The van der Waals surface area contributed by atoms with Gasteiger partial charge in [0.25, 0.3) is 5.91 Å². The number of ether oxygens (including phenoxy) is 2. The van der Waals surface area contributed by atoms with Crippen molar-refractivity contribution < 1.29 is 14.3 Å². The number of pyridine rings is 1. The van der Waals surface area contributed by atoms with Crippen LogP contribution in [0.25, 0.3) is 11.0 Å². The number of hydrogen-bond donors (Lipinski definition) is 1. The molecule has 26 heavy (non-hydrogen) atoms. The van der Waals surface area contributed by atoms with Gasteiger partial charge in [0.05, 0.1) is 37.7 Å². The topological polar surface area (TPSA) is 108 Å². The third-order valence-electron chi connectivity index (χ3n) is 4.72. The Morgan fingerprint density at radius 3 is 2.92 bits per heavy atom. The van der Waals surface area contributed by atoms with E-state index in [0.29, 0.717) is 38.1 Å². The smallest absolute Gasteiger partial charge is 0.267 e. The first-order chi connectivity index (χ1) is 12.7. The second-order valence-corrected chi connectivity index (χ2v) is 6.26. The van der Waals surface area contributed by atoms with E-state index in [1.807, 2.05) is 18.3 Å². The van der Waals surface area contributed by atoms with Crippen molar-refractivity contribution >= 4 is 28.4 Å². The number of anilines is 2. The van der Waals surface area contributed by atoms with Crippen LogP contribution in [0.4, 0.5) is 11.5 Å². The van der Waals surface area contributed by atoms with Crippen LogP contribution in [0.2, 0.25) is 0 Å². The molecule has 0 aromatic carbocycles. The maximum absolute atomic E-state index is 13.0. The van der Waals surface area contributed by atoms with Crippen LogP contribution in [0, 0.1) is 0 Å². The average Bonchev–Trinajstić information content (AvgIpc) is 2.91. The Morgan fingerprint density at radius 1 is 1.23 bits per heavy atom. The molecule has 1 amide bonds. The van der Waals surface area contributed by atoms with Gasteiger partial charge in [0.2, 0.25) is 5.88 Å². The Kier molecular flexibility index (Phi) is 3.29. The fourth-order valence-corrected chi connectivity index (χ4v) is 3.27. The lowest BCUT2D eigenvalue weighted by Gasteiger charge is -2.28. The van der Waals surface area contributed by atoms with Crippen LogP contribution in [0.15, 0.2) is 30.9 Å². The molecule has 5 rings (SSSR count). The molecule has 1 fully saturated rings. The molecule has 9 heteroatoms. The number of rotatable bonds is 2. The monoisotopic (exact) mass is 352 g/mol. The molecule has 2 N–H and O–H groups in total. The molecule has 2 aliphatic heterocycles. The van der Waals surface area contributed by atoms with Gasteiger partial charge in [0, 0.05) is 11.6 Å². The van der Waals surface area contributed by atoms with Crippen LogP contribution < -0.4 is 15.4 Å². The molecule has 0 bridgehead atoms. The highest BCUT2D eigenvalue weighted by Gasteiger charge is 2.29. The van der Waals surface area contributed by atoms with Crippen molar-refractivity contribution in [2.24, 2.45) is 0 Å². The number of carbonyl (C=O) groups excluding carboxylic acids is 1. The van der Waals surface area contributed by atoms with Crippen molar-refractivity contribution in [2.45, 2.75) is 6.04 Å². The fourth-order valence-electron chi connectivity index (χ4n) is 3.27. The average molecular weight is 352 g/mol. The van der Waals surface area contributed by atoms with E-state index in [0.717, 1.165) is 11.0 Å². The van der Waals surface area contributed by atoms with Gasteiger partial charge in [0.1, 0.15) is 30.0 Å². The number of carbonyl (C=O) groups is 1. The molecule has 0 aliphatic carbocycles. The summed E-state index contributed by atoms with van der Waals surface area (Å²) in [4.78, 5) is 27.1. The lowest BCUT2D eigenvalue weighted by Crippen LogP contribution is -2.33. The van der Waals surface area contributed by atoms with Gasteiger partial charge in [-0.05, 0) is 12.1 Å². The molecule has 3 aromatic rings. The van der Waals surface area contributed by atoms with Crippen LogP contribution in [0.5, 0.6) is 5.88 Å². The Labute approximate surface area is 148 Å². The van der Waals surface area contributed by atoms with E-state index in [2.05, 4.69) is 19.5 Å². The van der Waals surface area contributed by atoms with Gasteiger partial charge in [-0.3, -0.25) is 4.79 Å². The molecular weight excluding hydrogens is 336 g/mol. The summed E-state index contributed by atoms with van der Waals surface area (Å²) in [6.07, 6.45) is 4.99. The van der Waals surface area contributed by atoms with Gasteiger partial charge in [-0.15, -0.1) is 0 Å². The molecular formula is C17H16N6O3. The highest BCUT2D eigenvalue weighted by atomic mass is 16.5. The van der Waals surface area contributed by atoms with E-state index in [9.17, 15) is 4.79 Å². The van der Waals surface area contributed by atoms with Gasteiger partial charge >= 0.3 is 0 Å². The first kappa shape index (κ1) is 15.1. The van der Waals surface area contributed by atoms with Gasteiger partial charge in [-0.25, -0.2) is 15.0 Å². The normalized spacial score (nSPS) is 17.5. The summed E-state index contributed by atoms with van der Waals surface area (Å²) in [5.74, 6) is 0.0378. The zero-order chi connectivity index (χ0) is 17.7. The van der Waals surface area contributed by atoms with E-state index in [1.54, 1.807) is 11.1 Å². The second kappa shape index (κ2) is 5.67. The molecule has 0 radical (unpaired) electrons. The third-order valence-corrected chi connectivity index (χ3v) is 4.72. The summed E-state index contributed by atoms with van der Waals surface area (Å²) in [7, 11) is 0. The van der Waals surface area contributed by atoms with Gasteiger partial charge in [-0.2, -0.15) is 0 Å². The summed E-state index contributed by atoms with van der Waals surface area (Å²) in [6, 6.07) is 4.26. The minimum absolute atomic E-state index is 0.108. The summed E-state index contributed by atoms with van der Waals surface area (Å²) >= 11 is 0. The Hall–Kier alpha value is -3.20. The Bertz CT molecular complexity index is 1010. The van der Waals surface area contributed by atoms with Crippen molar-refractivity contribution in [3.63, 3.8) is 0 Å². The number of amides is 1. The van der Waals surface area contributed by atoms with E-state index >= 15 is 0 Å². The number of fused-ring (bicyclic) bond motifs is 2. The third kappa shape index (κ3) is 2.21. The zero-order valence-corrected chi connectivity index (χ0v) is 13.8. The lowest BCUT2D eigenvalue weighted by atomic mass is 10.2. The molecule has 0 saturated carbocycles. The van der Waals surface area contributed by atoms with E-state index in [4.69, 9.17) is 15.2 Å². The summed E-state index contributed by atoms with van der Waals surface area (Å²) in [5, 5.41) is 0.963. The van der Waals surface area contributed by atoms with Crippen LogP contribution in [0.1, 0.15) is 16.4 Å². The van der Waals surface area contributed by atoms with Crippen molar-refractivity contribution in [3.05, 3.63) is 36.4 Å². The summed E-state index contributed by atoms with van der Waals surface area (Å²) < 4.78 is 12.9. The predicted molar refractivity (Wildman–Crippen MR) is 93.2 cm³/mol. The summed E-state index contributed by atoms with van der Waals surface area (Å²) in [5.41, 5.74) is 7.63. The first-order valence-corrected chi connectivity index (χ1v) is 8.32. The largest absolute Gasteiger partial charge is 0.475 e. The minimum atomic E-state index is -0.288. The van der Waals surface area contributed by atoms with Gasteiger partial charge in [0.15, 0.2) is 0 Å². The van der Waals surface area contributed by atoms with Crippen LogP contribution in [0.3, 0.4) is 0 Å². The SMILES string of the molecule is Nc1ncnc2c1C(=O)N(c1cnc3c(ccn3C3COC3)c1)CCO2. The van der Waals surface area contributed by atoms with E-state index < -0.39 is 0 Å². The maximum atomic E-state index is 13.0. The lowest BCUT2D eigenvalue weighted by molar-refractivity contribution is -0.0216. The number of nitrogen functional groups attached to an aromatic ring is 1. The van der Waals surface area contributed by atoms with Crippen LogP contribution in [-0.4, -0.2) is 51.8 Å². The minimum Gasteiger partial charge on any atom is -0.475 e. The zero-order valence-electron chi connectivity index (χ0n) is 13.8. The Balaban J connectivity index is 1.54. The number of aromatic nitrogens is 4. The molecule has 5 heterocycles. The molecule has 0 unspecified atom stereocenters. The van der Waals surface area contributed by atoms with E-state index in [-0.39, 0.29) is 23.2 Å². The van der Waals surface area contributed by atoms with Crippen molar-refractivity contribution in [1.29, 1.82) is 0 Å². The Morgan fingerprint density at radius 2 is 2.12 bits per heavy atom. The van der Waals surface area contributed by atoms with Gasteiger partial charge in [-0.1, -0.05) is 0 Å². The van der Waals surface area contributed by atoms with Crippen LogP contribution >= 0.6 is 0 Å². The quantitative estimate of drug-likeness (QED) is 0.733. The van der Waals surface area contributed by atoms with Crippen molar-refractivity contribution in [1.82, 2.24) is 19.5 Å². The second-order valence-electron chi connectivity index (χ2n) is 6.26. The van der Waals surface area contributed by atoms with Crippen molar-refractivity contribution in [2.75, 3.05) is 37.0 Å². The molecule has 0 atom stereocenters. The van der Waals surface area contributed by atoms with Gasteiger partial charge < -0.3 is 24.7 Å². The highest BCUT2D eigenvalue weighted by Crippen LogP contribution is 2.30. The van der Waals surface area contributed by atoms with Crippen LogP contribution in [-0.2, 0) is 4.74 Å². The predicted octanol–water partition coefficient (Wildman–Crippen LogP) is 1.02. The molecule has 2 aliphatic rings. The van der Waals surface area contributed by atoms with E-state index in [1.165, 1.54) is 6.33 Å². The highest BCUT2D eigenvalue weighted by molar-refractivity contribution is 6.11. The number of hydrogen-bond acceptors (Lipinski definition) is 7. The molecule has 1 saturated heterocycles. The standard InChI is InChI=1S/C17H16N6O3/c18-14-13-16(21-9-20-14)26-4-3-23(17(13)24)11-5-10-1-2-22(12-7-25-8-12)15(10)19-6-11/h1-2,5-6,9,12H,3-4,7-8H2,(H2,18,20,21). The van der Waals surface area contributed by atoms with Crippen molar-refractivity contribution in [3.8, 4) is 5.88 Å². The molecule has 132 valence electrons. The molecule has 0 spiro atoms. The fraction of sp³-hybridized carbons (Fsp3) is 0.294. The number of nitrogens with two attached hydrogens (primary N) is 1. The first-order valence-electron chi connectivity index (χ1n) is 8.32. The molecule has 3 aromatic heterocycles. The maximum Gasteiger partial charge on any atom is 0.267 e. The summed E-state index contributed by atoms with van der Waals surface area (Å²) in [6.45, 7) is 2.09. The number of nitrogens with zero attached hydrogens (tertiary/aromatic N) is 5. The molecule has 9 nitrogen and oxygen atoms in total.